The number of halogens is 1. The first-order valence-electron chi connectivity index (χ1n) is 3.98. The van der Waals surface area contributed by atoms with Gasteiger partial charge in [-0.2, -0.15) is 0 Å². The molecule has 74 valence electrons. The number of nitrogens with zero attached hydrogens (tertiary/aromatic N) is 2. The van der Waals surface area contributed by atoms with E-state index in [1.165, 1.54) is 12.3 Å². The average molecular weight is 257 g/mol. The van der Waals surface area contributed by atoms with Crippen LogP contribution in [0.5, 0.6) is 0 Å². The van der Waals surface area contributed by atoms with E-state index in [1.54, 1.807) is 0 Å². The molecule has 0 aromatic carbocycles. The summed E-state index contributed by atoms with van der Waals surface area (Å²) in [5, 5.41) is 11.2. The number of hydrogen-bond acceptors (Lipinski definition) is 3. The monoisotopic (exact) mass is 256 g/mol. The van der Waals surface area contributed by atoms with Crippen LogP contribution in [0, 0.1) is 17.0 Å². The number of rotatable bonds is 3. The fourth-order valence-electron chi connectivity index (χ4n) is 0.979. The van der Waals surface area contributed by atoms with Crippen LogP contribution in [0.25, 0.3) is 6.08 Å². The van der Waals surface area contributed by atoms with E-state index in [2.05, 4.69) is 20.9 Å². The van der Waals surface area contributed by atoms with Gasteiger partial charge in [0.25, 0.3) is 5.69 Å². The molecule has 1 aromatic heterocycles. The maximum Gasteiger partial charge on any atom is 0.288 e. The number of allylic oxidation sites excluding steroid dienone is 1. The molecule has 0 aliphatic heterocycles. The minimum atomic E-state index is -0.447. The maximum absolute atomic E-state index is 10.5. The van der Waals surface area contributed by atoms with Crippen molar-refractivity contribution in [2.24, 2.45) is 0 Å². The average Bonchev–Trinajstić information content (AvgIpc) is 2.16. The SMILES string of the molecule is Cc1ncc([N+](=O)[O-])cc1C=CCBr. The van der Waals surface area contributed by atoms with Gasteiger partial charge in [0.1, 0.15) is 6.20 Å². The van der Waals surface area contributed by atoms with E-state index in [0.29, 0.717) is 0 Å². The molecule has 0 saturated heterocycles. The summed E-state index contributed by atoms with van der Waals surface area (Å²) in [5.41, 5.74) is 1.58. The quantitative estimate of drug-likeness (QED) is 0.475. The van der Waals surface area contributed by atoms with Crippen LogP contribution in [0.2, 0.25) is 0 Å². The number of hydrogen-bond donors (Lipinski definition) is 0. The van der Waals surface area contributed by atoms with Gasteiger partial charge < -0.3 is 0 Å². The summed E-state index contributed by atoms with van der Waals surface area (Å²) in [5.74, 6) is 0. The van der Waals surface area contributed by atoms with Crippen LogP contribution < -0.4 is 0 Å². The fourth-order valence-corrected chi connectivity index (χ4v) is 1.17. The van der Waals surface area contributed by atoms with Crippen molar-refractivity contribution in [1.82, 2.24) is 4.98 Å². The second kappa shape index (κ2) is 4.85. The second-order valence-electron chi connectivity index (χ2n) is 2.68. The zero-order valence-electron chi connectivity index (χ0n) is 7.61. The summed E-state index contributed by atoms with van der Waals surface area (Å²) in [6, 6.07) is 1.52. The smallest absolute Gasteiger partial charge is 0.258 e. The predicted molar refractivity (Wildman–Crippen MR) is 58.5 cm³/mol. The summed E-state index contributed by atoms with van der Waals surface area (Å²) in [4.78, 5) is 14.0. The van der Waals surface area contributed by atoms with E-state index < -0.39 is 4.92 Å². The van der Waals surface area contributed by atoms with Gasteiger partial charge in [0.05, 0.1) is 4.92 Å². The molecule has 0 N–H and O–H groups in total. The molecule has 0 spiro atoms. The van der Waals surface area contributed by atoms with Gasteiger partial charge in [0, 0.05) is 22.7 Å². The lowest BCUT2D eigenvalue weighted by Crippen LogP contribution is -1.93. The van der Waals surface area contributed by atoms with Crippen LogP contribution in [-0.2, 0) is 0 Å². The molecule has 0 radical (unpaired) electrons. The number of pyridine rings is 1. The first-order chi connectivity index (χ1) is 6.65. The summed E-state index contributed by atoms with van der Waals surface area (Å²) in [7, 11) is 0. The summed E-state index contributed by atoms with van der Waals surface area (Å²) < 4.78 is 0. The second-order valence-corrected chi connectivity index (χ2v) is 3.33. The van der Waals surface area contributed by atoms with Crippen molar-refractivity contribution in [2.45, 2.75) is 6.92 Å². The lowest BCUT2D eigenvalue weighted by atomic mass is 10.2. The van der Waals surface area contributed by atoms with Crippen LogP contribution in [0.4, 0.5) is 5.69 Å². The fraction of sp³-hybridized carbons (Fsp3) is 0.222. The number of nitro groups is 1. The zero-order valence-corrected chi connectivity index (χ0v) is 9.19. The molecule has 0 aliphatic rings. The highest BCUT2D eigenvalue weighted by molar-refractivity contribution is 9.09. The van der Waals surface area contributed by atoms with Crippen LogP contribution in [0.15, 0.2) is 18.3 Å². The van der Waals surface area contributed by atoms with E-state index in [1.807, 2.05) is 19.1 Å². The van der Waals surface area contributed by atoms with Gasteiger partial charge in [-0.15, -0.1) is 0 Å². The Hall–Kier alpha value is -1.23. The maximum atomic E-state index is 10.5. The summed E-state index contributed by atoms with van der Waals surface area (Å²) in [6.07, 6.45) is 4.94. The molecule has 1 aromatic rings. The van der Waals surface area contributed by atoms with Crippen molar-refractivity contribution >= 4 is 27.7 Å². The topological polar surface area (TPSA) is 56.0 Å². The third kappa shape index (κ3) is 2.63. The number of aromatic nitrogens is 1. The minimum Gasteiger partial charge on any atom is -0.258 e. The van der Waals surface area contributed by atoms with E-state index in [4.69, 9.17) is 0 Å². The van der Waals surface area contributed by atoms with Gasteiger partial charge in [-0.3, -0.25) is 15.1 Å². The Morgan fingerprint density at radius 2 is 2.43 bits per heavy atom. The number of aryl methyl sites for hydroxylation is 1. The Bertz CT molecular complexity index is 377. The van der Waals surface area contributed by atoms with Crippen molar-refractivity contribution in [2.75, 3.05) is 5.33 Å². The van der Waals surface area contributed by atoms with Gasteiger partial charge in [-0.1, -0.05) is 28.1 Å². The lowest BCUT2D eigenvalue weighted by molar-refractivity contribution is -0.385. The highest BCUT2D eigenvalue weighted by Crippen LogP contribution is 2.15. The normalized spacial score (nSPS) is 10.7. The molecule has 0 aliphatic carbocycles. The molecule has 1 rings (SSSR count). The Balaban J connectivity index is 3.08. The first kappa shape index (κ1) is 10.8. The van der Waals surface area contributed by atoms with Gasteiger partial charge in [0.2, 0.25) is 0 Å². The van der Waals surface area contributed by atoms with E-state index in [9.17, 15) is 10.1 Å². The van der Waals surface area contributed by atoms with Crippen molar-refractivity contribution in [3.05, 3.63) is 39.7 Å². The highest BCUT2D eigenvalue weighted by atomic mass is 79.9. The lowest BCUT2D eigenvalue weighted by Gasteiger charge is -1.98. The Labute approximate surface area is 89.9 Å². The zero-order chi connectivity index (χ0) is 10.6. The third-order valence-electron chi connectivity index (χ3n) is 1.71. The molecule has 0 saturated carbocycles. The van der Waals surface area contributed by atoms with Crippen molar-refractivity contribution in [3.63, 3.8) is 0 Å². The summed E-state index contributed by atoms with van der Waals surface area (Å²) >= 11 is 3.24. The van der Waals surface area contributed by atoms with E-state index >= 15 is 0 Å². The molecule has 14 heavy (non-hydrogen) atoms. The van der Waals surface area contributed by atoms with E-state index in [0.717, 1.165) is 16.6 Å². The largest absolute Gasteiger partial charge is 0.288 e. The molecule has 1 heterocycles. The van der Waals surface area contributed by atoms with Crippen LogP contribution in [-0.4, -0.2) is 15.2 Å². The van der Waals surface area contributed by atoms with Crippen molar-refractivity contribution < 1.29 is 4.92 Å². The molecule has 0 unspecified atom stereocenters. The molecule has 0 amide bonds. The Kier molecular flexibility index (Phi) is 3.76. The predicted octanol–water partition coefficient (Wildman–Crippen LogP) is 2.71. The Morgan fingerprint density at radius 3 is 3.00 bits per heavy atom. The molecule has 0 bridgehead atoms. The molecular formula is C9H9BrN2O2. The third-order valence-corrected chi connectivity index (χ3v) is 2.08. The molecule has 0 fully saturated rings. The minimum absolute atomic E-state index is 0.0184. The number of alkyl halides is 1. The standard InChI is InChI=1S/C9H9BrN2O2/c1-7-8(3-2-4-10)5-9(6-11-7)12(13)14/h2-3,5-6H,4H2,1H3. The molecule has 5 heteroatoms. The molecular weight excluding hydrogens is 248 g/mol. The Morgan fingerprint density at radius 1 is 1.71 bits per heavy atom. The van der Waals surface area contributed by atoms with Crippen LogP contribution >= 0.6 is 15.9 Å². The highest BCUT2D eigenvalue weighted by Gasteiger charge is 2.07. The molecule has 0 atom stereocenters. The van der Waals surface area contributed by atoms with Gasteiger partial charge in [-0.25, -0.2) is 0 Å². The summed E-state index contributed by atoms with van der Waals surface area (Å²) in [6.45, 7) is 1.82. The van der Waals surface area contributed by atoms with Gasteiger partial charge in [-0.05, 0) is 6.92 Å². The van der Waals surface area contributed by atoms with E-state index in [-0.39, 0.29) is 5.69 Å². The van der Waals surface area contributed by atoms with Crippen LogP contribution in [0.3, 0.4) is 0 Å². The van der Waals surface area contributed by atoms with Crippen LogP contribution in [0.1, 0.15) is 11.3 Å². The van der Waals surface area contributed by atoms with Gasteiger partial charge in [0.15, 0.2) is 0 Å². The van der Waals surface area contributed by atoms with Crippen molar-refractivity contribution in [1.29, 1.82) is 0 Å². The molecule has 4 nitrogen and oxygen atoms in total. The van der Waals surface area contributed by atoms with Gasteiger partial charge >= 0.3 is 0 Å². The first-order valence-corrected chi connectivity index (χ1v) is 5.11. The van der Waals surface area contributed by atoms with Crippen molar-refractivity contribution in [3.8, 4) is 0 Å².